The average molecular weight is 189 g/mol. The van der Waals surface area contributed by atoms with Crippen LogP contribution >= 0.6 is 0 Å². The minimum Gasteiger partial charge on any atom is -0.387 e. The second kappa shape index (κ2) is 3.40. The van der Waals surface area contributed by atoms with Gasteiger partial charge in [-0.05, 0) is 25.2 Å². The number of allylic oxidation sites excluding steroid dienone is 2. The van der Waals surface area contributed by atoms with Gasteiger partial charge in [-0.1, -0.05) is 18.2 Å². The lowest BCUT2D eigenvalue weighted by Crippen LogP contribution is -2.11. The van der Waals surface area contributed by atoms with E-state index in [4.69, 9.17) is 5.73 Å². The summed E-state index contributed by atoms with van der Waals surface area (Å²) in [4.78, 5) is 8.33. The monoisotopic (exact) mass is 189 g/mol. The first-order valence-corrected chi connectivity index (χ1v) is 4.88. The standard InChI is InChI=1S/C11H15N3/c1-7(12)14-11(13-2)9-4-3-8-5-10(8)6-9/h3-4,6,8,10H,5H2,1-2H3,(H2,12,13,14)/t8-,10?/m0/s1. The Morgan fingerprint density at radius 3 is 2.86 bits per heavy atom. The summed E-state index contributed by atoms with van der Waals surface area (Å²) in [6, 6.07) is 0. The van der Waals surface area contributed by atoms with Gasteiger partial charge in [-0.15, -0.1) is 0 Å². The number of fused-ring (bicyclic) bond motifs is 1. The Labute approximate surface area is 84.1 Å². The Bertz CT molecular complexity index is 357. The van der Waals surface area contributed by atoms with Crippen molar-refractivity contribution < 1.29 is 0 Å². The molecular formula is C11H15N3. The van der Waals surface area contributed by atoms with Crippen LogP contribution in [0.3, 0.4) is 0 Å². The molecule has 2 aliphatic rings. The van der Waals surface area contributed by atoms with E-state index >= 15 is 0 Å². The van der Waals surface area contributed by atoms with E-state index < -0.39 is 0 Å². The summed E-state index contributed by atoms with van der Waals surface area (Å²) in [7, 11) is 1.75. The minimum atomic E-state index is 0.554. The van der Waals surface area contributed by atoms with Crippen LogP contribution < -0.4 is 5.73 Å². The largest absolute Gasteiger partial charge is 0.387 e. The van der Waals surface area contributed by atoms with Crippen LogP contribution in [0.15, 0.2) is 33.8 Å². The molecule has 0 aromatic rings. The maximum absolute atomic E-state index is 5.54. The van der Waals surface area contributed by atoms with Crippen LogP contribution in [0.4, 0.5) is 0 Å². The number of aliphatic imine (C=N–C) groups is 2. The maximum atomic E-state index is 5.54. The van der Waals surface area contributed by atoms with Gasteiger partial charge in [-0.25, -0.2) is 4.99 Å². The van der Waals surface area contributed by atoms with Crippen LogP contribution in [0.5, 0.6) is 0 Å². The quantitative estimate of drug-likeness (QED) is 0.493. The Morgan fingerprint density at radius 2 is 2.29 bits per heavy atom. The van der Waals surface area contributed by atoms with Crippen molar-refractivity contribution in [2.24, 2.45) is 27.6 Å². The SMILES string of the molecule is CN=C(N=C(C)N)C1=CC2C[C@@H]2C=C1. The van der Waals surface area contributed by atoms with Crippen molar-refractivity contribution in [3.8, 4) is 0 Å². The molecule has 2 rings (SSSR count). The molecule has 0 aliphatic heterocycles. The summed E-state index contributed by atoms with van der Waals surface area (Å²) < 4.78 is 0. The van der Waals surface area contributed by atoms with Crippen LogP contribution in [-0.2, 0) is 0 Å². The number of rotatable bonds is 1. The average Bonchev–Trinajstić information content (AvgIpc) is 2.91. The van der Waals surface area contributed by atoms with Gasteiger partial charge in [0, 0.05) is 12.6 Å². The maximum Gasteiger partial charge on any atom is 0.155 e. The van der Waals surface area contributed by atoms with Crippen molar-refractivity contribution in [3.05, 3.63) is 23.8 Å². The second-order valence-electron chi connectivity index (χ2n) is 3.84. The fraction of sp³-hybridized carbons (Fsp3) is 0.455. The third kappa shape index (κ3) is 1.76. The molecule has 0 heterocycles. The highest BCUT2D eigenvalue weighted by Crippen LogP contribution is 2.44. The Hall–Kier alpha value is -1.38. The van der Waals surface area contributed by atoms with E-state index in [0.29, 0.717) is 5.84 Å². The van der Waals surface area contributed by atoms with Gasteiger partial charge >= 0.3 is 0 Å². The molecule has 0 aromatic heterocycles. The second-order valence-corrected chi connectivity index (χ2v) is 3.84. The van der Waals surface area contributed by atoms with Crippen LogP contribution in [0.2, 0.25) is 0 Å². The van der Waals surface area contributed by atoms with E-state index in [1.165, 1.54) is 6.42 Å². The molecule has 0 amide bonds. The van der Waals surface area contributed by atoms with Crippen molar-refractivity contribution in [2.45, 2.75) is 13.3 Å². The van der Waals surface area contributed by atoms with Gasteiger partial charge in [-0.2, -0.15) is 0 Å². The third-order valence-corrected chi connectivity index (χ3v) is 2.56. The van der Waals surface area contributed by atoms with Crippen LogP contribution in [0.25, 0.3) is 0 Å². The molecule has 0 spiro atoms. The molecule has 0 bridgehead atoms. The summed E-state index contributed by atoms with van der Waals surface area (Å²) in [5, 5.41) is 0. The van der Waals surface area contributed by atoms with Gasteiger partial charge in [0.05, 0.1) is 5.84 Å². The summed E-state index contributed by atoms with van der Waals surface area (Å²) in [6.07, 6.45) is 7.87. The lowest BCUT2D eigenvalue weighted by atomic mass is 10.1. The van der Waals surface area contributed by atoms with Crippen molar-refractivity contribution in [2.75, 3.05) is 7.05 Å². The lowest BCUT2D eigenvalue weighted by Gasteiger charge is -2.05. The zero-order valence-corrected chi connectivity index (χ0v) is 8.57. The van der Waals surface area contributed by atoms with Gasteiger partial charge in [0.15, 0.2) is 5.84 Å². The number of hydrogen-bond acceptors (Lipinski definition) is 1. The van der Waals surface area contributed by atoms with Gasteiger partial charge in [-0.3, -0.25) is 4.99 Å². The molecule has 14 heavy (non-hydrogen) atoms. The predicted molar refractivity (Wildman–Crippen MR) is 59.5 cm³/mol. The number of hydrogen-bond donors (Lipinski definition) is 1. The van der Waals surface area contributed by atoms with Gasteiger partial charge < -0.3 is 5.73 Å². The van der Waals surface area contributed by atoms with Crippen molar-refractivity contribution >= 4 is 11.7 Å². The molecule has 3 nitrogen and oxygen atoms in total. The first-order valence-electron chi connectivity index (χ1n) is 4.88. The first-order chi connectivity index (χ1) is 6.70. The minimum absolute atomic E-state index is 0.554. The van der Waals surface area contributed by atoms with E-state index in [0.717, 1.165) is 23.2 Å². The highest BCUT2D eigenvalue weighted by molar-refractivity contribution is 6.07. The van der Waals surface area contributed by atoms with Gasteiger partial charge in [0.2, 0.25) is 0 Å². The number of nitrogens with zero attached hydrogens (tertiary/aromatic N) is 2. The zero-order valence-electron chi connectivity index (χ0n) is 8.57. The molecule has 0 aromatic carbocycles. The number of amidine groups is 2. The molecule has 2 atom stereocenters. The van der Waals surface area contributed by atoms with E-state index in [2.05, 4.69) is 28.2 Å². The summed E-state index contributed by atoms with van der Waals surface area (Å²) in [6.45, 7) is 1.78. The third-order valence-electron chi connectivity index (χ3n) is 2.56. The Morgan fingerprint density at radius 1 is 1.50 bits per heavy atom. The van der Waals surface area contributed by atoms with Gasteiger partial charge in [0.1, 0.15) is 0 Å². The highest BCUT2D eigenvalue weighted by Gasteiger charge is 2.35. The zero-order chi connectivity index (χ0) is 10.1. The van der Waals surface area contributed by atoms with E-state index in [1.807, 2.05) is 0 Å². The molecule has 1 saturated carbocycles. The first kappa shape index (κ1) is 9.19. The topological polar surface area (TPSA) is 50.7 Å². The Kier molecular flexibility index (Phi) is 2.23. The normalized spacial score (nSPS) is 31.1. The molecule has 0 radical (unpaired) electrons. The van der Waals surface area contributed by atoms with Crippen molar-refractivity contribution in [3.63, 3.8) is 0 Å². The summed E-state index contributed by atoms with van der Waals surface area (Å²) in [5.74, 6) is 2.80. The summed E-state index contributed by atoms with van der Waals surface area (Å²) >= 11 is 0. The van der Waals surface area contributed by atoms with Crippen LogP contribution in [0, 0.1) is 11.8 Å². The van der Waals surface area contributed by atoms with Crippen LogP contribution in [-0.4, -0.2) is 18.7 Å². The smallest absolute Gasteiger partial charge is 0.155 e. The Balaban J connectivity index is 2.21. The molecule has 1 unspecified atom stereocenters. The van der Waals surface area contributed by atoms with Crippen molar-refractivity contribution in [1.29, 1.82) is 0 Å². The van der Waals surface area contributed by atoms with E-state index in [1.54, 1.807) is 14.0 Å². The molecule has 74 valence electrons. The molecule has 2 N–H and O–H groups in total. The molecule has 2 aliphatic carbocycles. The van der Waals surface area contributed by atoms with Gasteiger partial charge in [0.25, 0.3) is 0 Å². The molecular weight excluding hydrogens is 174 g/mol. The lowest BCUT2D eigenvalue weighted by molar-refractivity contribution is 0.973. The predicted octanol–water partition coefficient (Wildman–Crippen LogP) is 1.52. The van der Waals surface area contributed by atoms with Crippen molar-refractivity contribution in [1.82, 2.24) is 0 Å². The number of nitrogens with two attached hydrogens (primary N) is 1. The molecule has 0 saturated heterocycles. The molecule has 1 fully saturated rings. The fourth-order valence-electron chi connectivity index (χ4n) is 1.72. The highest BCUT2D eigenvalue weighted by atomic mass is 14.9. The van der Waals surface area contributed by atoms with E-state index in [-0.39, 0.29) is 0 Å². The molecule has 3 heteroatoms. The van der Waals surface area contributed by atoms with E-state index in [9.17, 15) is 0 Å². The summed E-state index contributed by atoms with van der Waals surface area (Å²) in [5.41, 5.74) is 6.65. The fourth-order valence-corrected chi connectivity index (χ4v) is 1.72. The van der Waals surface area contributed by atoms with Crippen LogP contribution in [0.1, 0.15) is 13.3 Å².